The van der Waals surface area contributed by atoms with Gasteiger partial charge in [-0.3, -0.25) is 10.1 Å². The van der Waals surface area contributed by atoms with Crippen LogP contribution in [-0.4, -0.2) is 44.7 Å². The first kappa shape index (κ1) is 21.4. The maximum absolute atomic E-state index is 13.5. The molecule has 3 aromatic rings. The van der Waals surface area contributed by atoms with Gasteiger partial charge in [0.25, 0.3) is 5.91 Å². The van der Waals surface area contributed by atoms with E-state index in [0.29, 0.717) is 28.6 Å². The Morgan fingerprint density at radius 2 is 2.03 bits per heavy atom. The van der Waals surface area contributed by atoms with Gasteiger partial charge in [-0.2, -0.15) is 0 Å². The molecule has 1 aliphatic rings. The summed E-state index contributed by atoms with van der Waals surface area (Å²) in [5.74, 6) is -0.336. The first-order valence-corrected chi connectivity index (χ1v) is 9.95. The maximum atomic E-state index is 13.5. The predicted octanol–water partition coefficient (Wildman–Crippen LogP) is 2.41. The smallest absolute Gasteiger partial charge is 0.263 e. The van der Waals surface area contributed by atoms with E-state index < -0.39 is 23.6 Å². The third-order valence-electron chi connectivity index (χ3n) is 5.16. The number of nitrogens with one attached hydrogen (secondary N) is 1. The van der Waals surface area contributed by atoms with E-state index in [4.69, 9.17) is 16.0 Å². The number of hydrogen-bond donors (Lipinski definition) is 3. The topological polar surface area (TPSA) is 112 Å². The number of benzene rings is 2. The zero-order valence-corrected chi connectivity index (χ0v) is 17.3. The summed E-state index contributed by atoms with van der Waals surface area (Å²) in [7, 11) is 0. The van der Waals surface area contributed by atoms with Gasteiger partial charge < -0.3 is 19.5 Å². The van der Waals surface area contributed by atoms with Crippen LogP contribution in [0.5, 0.6) is 0 Å². The first-order chi connectivity index (χ1) is 14.8. The van der Waals surface area contributed by atoms with Gasteiger partial charge in [0.2, 0.25) is 11.8 Å². The van der Waals surface area contributed by atoms with Crippen LogP contribution in [0.2, 0.25) is 5.02 Å². The van der Waals surface area contributed by atoms with Crippen molar-refractivity contribution in [3.8, 4) is 11.5 Å². The molecule has 1 aromatic heterocycles. The summed E-state index contributed by atoms with van der Waals surface area (Å²) in [6.45, 7) is 1.93. The zero-order valence-electron chi connectivity index (χ0n) is 16.5. The molecule has 2 atom stereocenters. The number of nitrogens with zero attached hydrogens (tertiary/aromatic N) is 3. The quantitative estimate of drug-likeness (QED) is 0.498. The number of rotatable bonds is 6. The standard InChI is InChI=1S/C21H20ClFN4O4/c1-12-25-26-18(31-12)14-2-4-17(5-3-14)27-7-6-21(30,20(27)29)19(28)24-11-13-8-15(22)10-16(23)9-13/h2-5,8-10,19,24,28,30H,6-7,11H2,1H3. The van der Waals surface area contributed by atoms with Crippen LogP contribution in [0.4, 0.5) is 10.1 Å². The summed E-state index contributed by atoms with van der Waals surface area (Å²) in [6, 6.07) is 10.8. The molecule has 2 unspecified atom stereocenters. The molecule has 1 amide bonds. The third kappa shape index (κ3) is 4.31. The van der Waals surface area contributed by atoms with Crippen molar-refractivity contribution in [2.24, 2.45) is 0 Å². The normalized spacial score (nSPS) is 19.8. The Balaban J connectivity index is 1.44. The molecule has 10 heteroatoms. The van der Waals surface area contributed by atoms with Crippen LogP contribution in [-0.2, 0) is 11.3 Å². The second-order valence-corrected chi connectivity index (χ2v) is 7.80. The highest BCUT2D eigenvalue weighted by atomic mass is 35.5. The number of carbonyl (C=O) groups excluding carboxylic acids is 1. The molecule has 4 rings (SSSR count). The number of aromatic nitrogens is 2. The lowest BCUT2D eigenvalue weighted by Crippen LogP contribution is -2.55. The van der Waals surface area contributed by atoms with Gasteiger partial charge in [0.15, 0.2) is 5.60 Å². The van der Waals surface area contributed by atoms with Crippen LogP contribution >= 0.6 is 11.6 Å². The van der Waals surface area contributed by atoms with Crippen molar-refractivity contribution in [2.45, 2.75) is 31.7 Å². The minimum atomic E-state index is -2.01. The number of carbonyl (C=O) groups is 1. The number of aliphatic hydroxyl groups is 2. The van der Waals surface area contributed by atoms with Crippen LogP contribution in [0.15, 0.2) is 46.9 Å². The Bertz CT molecular complexity index is 1090. The summed E-state index contributed by atoms with van der Waals surface area (Å²) >= 11 is 5.83. The lowest BCUT2D eigenvalue weighted by molar-refractivity contribution is -0.148. The van der Waals surface area contributed by atoms with Crippen LogP contribution in [0, 0.1) is 12.7 Å². The van der Waals surface area contributed by atoms with Gasteiger partial charge in [0.1, 0.15) is 12.0 Å². The number of halogens is 2. The molecule has 1 fully saturated rings. The number of hydrogen-bond acceptors (Lipinski definition) is 7. The van der Waals surface area contributed by atoms with Gasteiger partial charge >= 0.3 is 0 Å². The number of amides is 1. The Morgan fingerprint density at radius 1 is 1.29 bits per heavy atom. The molecule has 2 heterocycles. The molecule has 0 aliphatic carbocycles. The van der Waals surface area contributed by atoms with Gasteiger partial charge in [-0.1, -0.05) is 11.6 Å². The zero-order chi connectivity index (χ0) is 22.2. The summed E-state index contributed by atoms with van der Waals surface area (Å²) in [5.41, 5.74) is -0.284. The van der Waals surface area contributed by atoms with E-state index in [-0.39, 0.29) is 24.5 Å². The fourth-order valence-electron chi connectivity index (χ4n) is 3.52. The number of aryl methyl sites for hydroxylation is 1. The predicted molar refractivity (Wildman–Crippen MR) is 111 cm³/mol. The van der Waals surface area contributed by atoms with E-state index in [1.54, 1.807) is 31.2 Å². The SMILES string of the molecule is Cc1nnc(-c2ccc(N3CCC(O)(C(O)NCc4cc(F)cc(Cl)c4)C3=O)cc2)o1. The largest absolute Gasteiger partial charge is 0.421 e. The summed E-state index contributed by atoms with van der Waals surface area (Å²) in [5, 5.41) is 31.9. The van der Waals surface area contributed by atoms with Gasteiger partial charge in [-0.05, 0) is 48.0 Å². The molecular formula is C21H20ClFN4O4. The highest BCUT2D eigenvalue weighted by Gasteiger charge is 2.51. The van der Waals surface area contributed by atoms with Crippen molar-refractivity contribution >= 4 is 23.2 Å². The van der Waals surface area contributed by atoms with Crippen LogP contribution in [0.25, 0.3) is 11.5 Å². The van der Waals surface area contributed by atoms with Crippen LogP contribution < -0.4 is 10.2 Å². The molecule has 0 bridgehead atoms. The van der Waals surface area contributed by atoms with Gasteiger partial charge in [-0.25, -0.2) is 4.39 Å². The summed E-state index contributed by atoms with van der Waals surface area (Å²) in [4.78, 5) is 14.3. The molecule has 1 saturated heterocycles. The number of aliphatic hydroxyl groups excluding tert-OH is 1. The molecule has 2 aromatic carbocycles. The van der Waals surface area contributed by atoms with E-state index in [1.807, 2.05) is 0 Å². The highest BCUT2D eigenvalue weighted by Crippen LogP contribution is 2.31. The Hall–Kier alpha value is -2.85. The van der Waals surface area contributed by atoms with Gasteiger partial charge in [0, 0.05) is 42.7 Å². The Labute approximate surface area is 182 Å². The van der Waals surface area contributed by atoms with Crippen molar-refractivity contribution in [3.05, 3.63) is 64.8 Å². The number of anilines is 1. The highest BCUT2D eigenvalue weighted by molar-refractivity contribution is 6.30. The van der Waals surface area contributed by atoms with E-state index in [9.17, 15) is 19.4 Å². The van der Waals surface area contributed by atoms with Gasteiger partial charge in [0.05, 0.1) is 0 Å². The van der Waals surface area contributed by atoms with Crippen molar-refractivity contribution < 1.29 is 23.8 Å². The first-order valence-electron chi connectivity index (χ1n) is 9.57. The summed E-state index contributed by atoms with van der Waals surface area (Å²) < 4.78 is 18.9. The van der Waals surface area contributed by atoms with E-state index in [0.717, 1.165) is 6.07 Å². The average Bonchev–Trinajstić information content (AvgIpc) is 3.30. The fourth-order valence-corrected chi connectivity index (χ4v) is 3.76. The Kier molecular flexibility index (Phi) is 5.76. The molecule has 8 nitrogen and oxygen atoms in total. The molecule has 1 aliphatic heterocycles. The fraction of sp³-hybridized carbons (Fsp3) is 0.286. The monoisotopic (exact) mass is 446 g/mol. The molecule has 31 heavy (non-hydrogen) atoms. The van der Waals surface area contributed by atoms with E-state index >= 15 is 0 Å². The molecule has 162 valence electrons. The molecule has 0 saturated carbocycles. The van der Waals surface area contributed by atoms with Crippen LogP contribution in [0.1, 0.15) is 17.9 Å². The van der Waals surface area contributed by atoms with Crippen molar-refractivity contribution in [3.63, 3.8) is 0 Å². The van der Waals surface area contributed by atoms with Crippen molar-refractivity contribution in [1.82, 2.24) is 15.5 Å². The van der Waals surface area contributed by atoms with Gasteiger partial charge in [-0.15, -0.1) is 10.2 Å². The molecular weight excluding hydrogens is 427 g/mol. The second-order valence-electron chi connectivity index (χ2n) is 7.37. The minimum absolute atomic E-state index is 0.0204. The van der Waals surface area contributed by atoms with Crippen LogP contribution in [0.3, 0.4) is 0 Å². The van der Waals surface area contributed by atoms with Crippen molar-refractivity contribution in [2.75, 3.05) is 11.4 Å². The second kappa shape index (κ2) is 8.35. The van der Waals surface area contributed by atoms with E-state index in [2.05, 4.69) is 15.5 Å². The minimum Gasteiger partial charge on any atom is -0.421 e. The summed E-state index contributed by atoms with van der Waals surface area (Å²) in [6.07, 6.45) is -1.53. The lowest BCUT2D eigenvalue weighted by atomic mass is 10.00. The lowest BCUT2D eigenvalue weighted by Gasteiger charge is -2.28. The third-order valence-corrected chi connectivity index (χ3v) is 5.38. The molecule has 0 radical (unpaired) electrons. The van der Waals surface area contributed by atoms with E-state index in [1.165, 1.54) is 17.0 Å². The molecule has 3 N–H and O–H groups in total. The maximum Gasteiger partial charge on any atom is 0.263 e. The Morgan fingerprint density at radius 3 is 2.68 bits per heavy atom. The van der Waals surface area contributed by atoms with Crippen molar-refractivity contribution in [1.29, 1.82) is 0 Å². The molecule has 0 spiro atoms. The average molecular weight is 447 g/mol.